The molecule has 0 saturated heterocycles. The fourth-order valence-electron chi connectivity index (χ4n) is 1.78. The average molecular weight is 308 g/mol. The van der Waals surface area contributed by atoms with Crippen molar-refractivity contribution in [3.8, 4) is 17.2 Å². The van der Waals surface area contributed by atoms with E-state index in [0.29, 0.717) is 36.3 Å². The fourth-order valence-corrected chi connectivity index (χ4v) is 1.96. The Labute approximate surface area is 129 Å². The van der Waals surface area contributed by atoms with Gasteiger partial charge < -0.3 is 19.9 Å². The van der Waals surface area contributed by atoms with E-state index in [0.717, 1.165) is 11.5 Å². The van der Waals surface area contributed by atoms with Crippen LogP contribution in [0, 0.1) is 0 Å². The van der Waals surface area contributed by atoms with Crippen LogP contribution in [0.3, 0.4) is 0 Å². The Morgan fingerprint density at radius 2 is 1.67 bits per heavy atom. The smallest absolute Gasteiger partial charge is 0.142 e. The molecule has 0 bridgehead atoms. The number of hydrogen-bond donors (Lipinski definition) is 1. The van der Waals surface area contributed by atoms with Gasteiger partial charge in [0.05, 0.1) is 12.3 Å². The number of ether oxygens (including phenoxy) is 3. The lowest BCUT2D eigenvalue weighted by molar-refractivity contribution is 0.217. The Kier molecular flexibility index (Phi) is 5.58. The summed E-state index contributed by atoms with van der Waals surface area (Å²) in [7, 11) is 0. The van der Waals surface area contributed by atoms with Crippen molar-refractivity contribution in [3.05, 3.63) is 47.5 Å². The molecule has 2 rings (SSSR count). The predicted octanol–water partition coefficient (Wildman–Crippen LogP) is 3.78. The molecule has 2 aromatic rings. The van der Waals surface area contributed by atoms with E-state index in [1.807, 2.05) is 31.2 Å². The summed E-state index contributed by atoms with van der Waals surface area (Å²) in [5.41, 5.74) is 6.32. The van der Waals surface area contributed by atoms with E-state index in [-0.39, 0.29) is 0 Å². The van der Waals surface area contributed by atoms with Crippen molar-refractivity contribution < 1.29 is 14.2 Å². The van der Waals surface area contributed by atoms with Crippen LogP contribution in [0.25, 0.3) is 0 Å². The molecule has 0 spiro atoms. The van der Waals surface area contributed by atoms with Crippen LogP contribution in [0.5, 0.6) is 17.2 Å². The van der Waals surface area contributed by atoms with Crippen LogP contribution in [-0.4, -0.2) is 19.8 Å². The molecule has 2 aromatic carbocycles. The van der Waals surface area contributed by atoms with Crippen LogP contribution in [0.2, 0.25) is 5.02 Å². The first-order valence-electron chi connectivity index (χ1n) is 6.72. The first-order chi connectivity index (χ1) is 10.2. The van der Waals surface area contributed by atoms with Crippen LogP contribution in [-0.2, 0) is 0 Å². The standard InChI is InChI=1S/C16H18ClNO3/c1-2-19-13-4-3-5-14(11-13)20-8-9-21-16-7-6-12(17)10-15(16)18/h3-7,10-11H,2,8-9,18H2,1H3. The van der Waals surface area contributed by atoms with Crippen molar-refractivity contribution in [2.45, 2.75) is 6.92 Å². The first kappa shape index (κ1) is 15.3. The maximum atomic E-state index is 5.83. The van der Waals surface area contributed by atoms with Crippen LogP contribution in [0.15, 0.2) is 42.5 Å². The average Bonchev–Trinajstić information content (AvgIpc) is 2.46. The van der Waals surface area contributed by atoms with E-state index in [9.17, 15) is 0 Å². The van der Waals surface area contributed by atoms with Crippen molar-refractivity contribution in [2.24, 2.45) is 0 Å². The number of benzene rings is 2. The zero-order chi connectivity index (χ0) is 15.1. The molecule has 21 heavy (non-hydrogen) atoms. The molecule has 0 aromatic heterocycles. The topological polar surface area (TPSA) is 53.7 Å². The third-order valence-electron chi connectivity index (χ3n) is 2.70. The summed E-state index contributed by atoms with van der Waals surface area (Å²) in [6.45, 7) is 3.38. The van der Waals surface area contributed by atoms with Crippen molar-refractivity contribution in [1.29, 1.82) is 0 Å². The highest BCUT2D eigenvalue weighted by Crippen LogP contribution is 2.25. The van der Waals surface area contributed by atoms with Crippen LogP contribution >= 0.6 is 11.6 Å². The lowest BCUT2D eigenvalue weighted by Gasteiger charge is -2.11. The predicted molar refractivity (Wildman–Crippen MR) is 84.5 cm³/mol. The molecule has 0 aliphatic heterocycles. The number of hydrogen-bond acceptors (Lipinski definition) is 4. The molecule has 0 radical (unpaired) electrons. The van der Waals surface area contributed by atoms with Gasteiger partial charge in [0, 0.05) is 11.1 Å². The molecular weight excluding hydrogens is 290 g/mol. The van der Waals surface area contributed by atoms with Crippen molar-refractivity contribution in [3.63, 3.8) is 0 Å². The largest absolute Gasteiger partial charge is 0.494 e. The van der Waals surface area contributed by atoms with E-state index in [4.69, 9.17) is 31.5 Å². The van der Waals surface area contributed by atoms with E-state index < -0.39 is 0 Å². The SMILES string of the molecule is CCOc1cccc(OCCOc2ccc(Cl)cc2N)c1. The van der Waals surface area contributed by atoms with E-state index >= 15 is 0 Å². The third kappa shape index (κ3) is 4.76. The van der Waals surface area contributed by atoms with Gasteiger partial charge in [-0.3, -0.25) is 0 Å². The van der Waals surface area contributed by atoms with Gasteiger partial charge >= 0.3 is 0 Å². The number of anilines is 1. The zero-order valence-corrected chi connectivity index (χ0v) is 12.6. The summed E-state index contributed by atoms with van der Waals surface area (Å²) in [5, 5.41) is 0.587. The fraction of sp³-hybridized carbons (Fsp3) is 0.250. The Bertz CT molecular complexity index is 589. The van der Waals surface area contributed by atoms with E-state index in [2.05, 4.69) is 0 Å². The summed E-state index contributed by atoms with van der Waals surface area (Å²) >= 11 is 5.83. The van der Waals surface area contributed by atoms with Gasteiger partial charge in [0.2, 0.25) is 0 Å². The summed E-state index contributed by atoms with van der Waals surface area (Å²) in [6.07, 6.45) is 0. The minimum absolute atomic E-state index is 0.394. The molecule has 0 heterocycles. The molecule has 0 fully saturated rings. The highest BCUT2D eigenvalue weighted by Gasteiger charge is 2.02. The van der Waals surface area contributed by atoms with Gasteiger partial charge in [-0.25, -0.2) is 0 Å². The molecule has 0 amide bonds. The van der Waals surface area contributed by atoms with Gasteiger partial charge in [-0.2, -0.15) is 0 Å². The molecular formula is C16H18ClNO3. The van der Waals surface area contributed by atoms with Gasteiger partial charge in [-0.15, -0.1) is 0 Å². The van der Waals surface area contributed by atoms with Gasteiger partial charge in [0.15, 0.2) is 0 Å². The zero-order valence-electron chi connectivity index (χ0n) is 11.8. The van der Waals surface area contributed by atoms with Gasteiger partial charge in [0.1, 0.15) is 30.5 Å². The monoisotopic (exact) mass is 307 g/mol. The van der Waals surface area contributed by atoms with Gasteiger partial charge in [-0.05, 0) is 37.3 Å². The Morgan fingerprint density at radius 3 is 2.38 bits per heavy atom. The highest BCUT2D eigenvalue weighted by atomic mass is 35.5. The maximum absolute atomic E-state index is 5.83. The minimum Gasteiger partial charge on any atom is -0.494 e. The van der Waals surface area contributed by atoms with Crippen LogP contribution < -0.4 is 19.9 Å². The summed E-state index contributed by atoms with van der Waals surface area (Å²) in [4.78, 5) is 0. The third-order valence-corrected chi connectivity index (χ3v) is 2.93. The second-order valence-electron chi connectivity index (χ2n) is 4.29. The van der Waals surface area contributed by atoms with Crippen LogP contribution in [0.1, 0.15) is 6.92 Å². The lowest BCUT2D eigenvalue weighted by Crippen LogP contribution is -2.10. The van der Waals surface area contributed by atoms with E-state index in [1.165, 1.54) is 0 Å². The molecule has 5 heteroatoms. The molecule has 0 saturated carbocycles. The summed E-state index contributed by atoms with van der Waals surface area (Å²) in [5.74, 6) is 2.14. The molecule has 2 N–H and O–H groups in total. The quantitative estimate of drug-likeness (QED) is 0.625. The number of nitrogens with two attached hydrogens (primary N) is 1. The maximum Gasteiger partial charge on any atom is 0.142 e. The molecule has 0 aliphatic carbocycles. The minimum atomic E-state index is 0.394. The van der Waals surface area contributed by atoms with Crippen molar-refractivity contribution in [1.82, 2.24) is 0 Å². The van der Waals surface area contributed by atoms with Gasteiger partial charge in [0.25, 0.3) is 0 Å². The molecule has 0 unspecified atom stereocenters. The number of nitrogen functional groups attached to an aromatic ring is 1. The van der Waals surface area contributed by atoms with Crippen LogP contribution in [0.4, 0.5) is 5.69 Å². The molecule has 0 aliphatic rings. The highest BCUT2D eigenvalue weighted by molar-refractivity contribution is 6.30. The second kappa shape index (κ2) is 7.64. The normalized spacial score (nSPS) is 10.2. The van der Waals surface area contributed by atoms with E-state index in [1.54, 1.807) is 18.2 Å². The molecule has 112 valence electrons. The number of rotatable bonds is 7. The first-order valence-corrected chi connectivity index (χ1v) is 7.10. The van der Waals surface area contributed by atoms with Gasteiger partial charge in [-0.1, -0.05) is 17.7 Å². The Balaban J connectivity index is 1.80. The molecule has 0 atom stereocenters. The molecule has 4 nitrogen and oxygen atoms in total. The van der Waals surface area contributed by atoms with Crippen molar-refractivity contribution >= 4 is 17.3 Å². The number of halogens is 1. The lowest BCUT2D eigenvalue weighted by atomic mass is 10.3. The summed E-state index contributed by atoms with van der Waals surface area (Å²) < 4.78 is 16.6. The second-order valence-corrected chi connectivity index (χ2v) is 4.72. The van der Waals surface area contributed by atoms with Crippen molar-refractivity contribution in [2.75, 3.05) is 25.6 Å². The Hall–Kier alpha value is -2.07. The Morgan fingerprint density at radius 1 is 0.952 bits per heavy atom. The summed E-state index contributed by atoms with van der Waals surface area (Å²) in [6, 6.07) is 12.6.